The van der Waals surface area contributed by atoms with Crippen LogP contribution in [-0.4, -0.2) is 6.54 Å². The smallest absolute Gasteiger partial charge is 0.123 e. The Hall–Kier alpha value is -0.890. The first-order chi connectivity index (χ1) is 8.71. The number of halogens is 1. The highest BCUT2D eigenvalue weighted by molar-refractivity contribution is 5.20. The van der Waals surface area contributed by atoms with E-state index >= 15 is 0 Å². The highest BCUT2D eigenvalue weighted by Crippen LogP contribution is 2.25. The Bertz CT molecular complexity index is 334. The van der Waals surface area contributed by atoms with Gasteiger partial charge in [0, 0.05) is 6.04 Å². The molecule has 1 unspecified atom stereocenters. The predicted molar refractivity (Wildman–Crippen MR) is 76.1 cm³/mol. The Morgan fingerprint density at radius 1 is 1.17 bits per heavy atom. The molecule has 102 valence electrons. The maximum Gasteiger partial charge on any atom is 0.123 e. The first-order valence-electron chi connectivity index (χ1n) is 7.20. The van der Waals surface area contributed by atoms with Gasteiger partial charge in [0.25, 0.3) is 0 Å². The van der Waals surface area contributed by atoms with Gasteiger partial charge in [-0.1, -0.05) is 45.7 Å². The molecule has 0 aromatic heterocycles. The Labute approximate surface area is 111 Å². The van der Waals surface area contributed by atoms with Crippen LogP contribution in [0.15, 0.2) is 24.3 Å². The van der Waals surface area contributed by atoms with Gasteiger partial charge in [-0.15, -0.1) is 0 Å². The topological polar surface area (TPSA) is 12.0 Å². The van der Waals surface area contributed by atoms with Crippen LogP contribution in [0, 0.1) is 11.7 Å². The van der Waals surface area contributed by atoms with E-state index in [2.05, 4.69) is 26.1 Å². The van der Waals surface area contributed by atoms with E-state index in [-0.39, 0.29) is 11.9 Å². The van der Waals surface area contributed by atoms with Crippen molar-refractivity contribution in [3.63, 3.8) is 0 Å². The normalized spacial score (nSPS) is 12.9. The summed E-state index contributed by atoms with van der Waals surface area (Å²) in [7, 11) is 0. The zero-order chi connectivity index (χ0) is 13.4. The van der Waals surface area contributed by atoms with Crippen molar-refractivity contribution in [2.75, 3.05) is 6.54 Å². The fourth-order valence-electron chi connectivity index (χ4n) is 2.33. The van der Waals surface area contributed by atoms with Gasteiger partial charge in [0.15, 0.2) is 0 Å². The summed E-state index contributed by atoms with van der Waals surface area (Å²) in [5, 5.41) is 3.55. The second-order valence-electron chi connectivity index (χ2n) is 4.98. The maximum atomic E-state index is 13.3. The summed E-state index contributed by atoms with van der Waals surface area (Å²) in [6, 6.07) is 7.29. The van der Waals surface area contributed by atoms with Crippen LogP contribution in [0.4, 0.5) is 4.39 Å². The third-order valence-electron chi connectivity index (χ3n) is 3.62. The van der Waals surface area contributed by atoms with E-state index in [4.69, 9.17) is 0 Å². The van der Waals surface area contributed by atoms with Crippen molar-refractivity contribution < 1.29 is 4.39 Å². The average Bonchev–Trinajstić information content (AvgIpc) is 2.39. The Morgan fingerprint density at radius 3 is 2.44 bits per heavy atom. The summed E-state index contributed by atoms with van der Waals surface area (Å²) in [5.41, 5.74) is 1.08. The van der Waals surface area contributed by atoms with E-state index in [0.717, 1.165) is 24.9 Å². The fourth-order valence-corrected chi connectivity index (χ4v) is 2.33. The minimum absolute atomic E-state index is 0.139. The molecule has 2 heteroatoms. The van der Waals surface area contributed by atoms with E-state index in [0.29, 0.717) is 5.92 Å². The molecule has 0 amide bonds. The lowest BCUT2D eigenvalue weighted by Gasteiger charge is -2.23. The van der Waals surface area contributed by atoms with Crippen molar-refractivity contribution in [3.8, 4) is 0 Å². The van der Waals surface area contributed by atoms with Gasteiger partial charge in [0.05, 0.1) is 0 Å². The SMILES string of the molecule is CCCNC(CC(CC)CC)c1cccc(F)c1. The summed E-state index contributed by atoms with van der Waals surface area (Å²) in [5.74, 6) is 0.572. The van der Waals surface area contributed by atoms with Gasteiger partial charge in [-0.3, -0.25) is 0 Å². The molecule has 1 aromatic rings. The van der Waals surface area contributed by atoms with E-state index in [1.807, 2.05) is 6.07 Å². The second-order valence-corrected chi connectivity index (χ2v) is 4.98. The van der Waals surface area contributed by atoms with Crippen molar-refractivity contribution in [2.45, 2.75) is 52.5 Å². The summed E-state index contributed by atoms with van der Waals surface area (Å²) in [6.45, 7) is 7.61. The monoisotopic (exact) mass is 251 g/mol. The van der Waals surface area contributed by atoms with E-state index in [1.54, 1.807) is 12.1 Å². The second kappa shape index (κ2) is 8.25. The highest BCUT2D eigenvalue weighted by atomic mass is 19.1. The molecular weight excluding hydrogens is 225 g/mol. The van der Waals surface area contributed by atoms with Crippen molar-refractivity contribution in [3.05, 3.63) is 35.6 Å². The number of nitrogens with one attached hydrogen (secondary N) is 1. The van der Waals surface area contributed by atoms with Crippen LogP contribution < -0.4 is 5.32 Å². The van der Waals surface area contributed by atoms with Crippen molar-refractivity contribution >= 4 is 0 Å². The van der Waals surface area contributed by atoms with Crippen molar-refractivity contribution in [2.24, 2.45) is 5.92 Å². The highest BCUT2D eigenvalue weighted by Gasteiger charge is 2.15. The molecular formula is C16H26FN. The Balaban J connectivity index is 2.76. The van der Waals surface area contributed by atoms with E-state index in [1.165, 1.54) is 18.9 Å². The number of benzene rings is 1. The number of rotatable bonds is 8. The van der Waals surface area contributed by atoms with Crippen LogP contribution in [0.1, 0.15) is 58.1 Å². The first kappa shape index (κ1) is 15.2. The zero-order valence-corrected chi connectivity index (χ0v) is 11.9. The molecule has 0 aliphatic carbocycles. The zero-order valence-electron chi connectivity index (χ0n) is 11.9. The van der Waals surface area contributed by atoms with Crippen molar-refractivity contribution in [1.29, 1.82) is 0 Å². The molecule has 0 saturated heterocycles. The average molecular weight is 251 g/mol. The number of hydrogen-bond acceptors (Lipinski definition) is 1. The van der Waals surface area contributed by atoms with Crippen molar-refractivity contribution in [1.82, 2.24) is 5.32 Å². The quantitative estimate of drug-likeness (QED) is 0.706. The van der Waals surface area contributed by atoms with Gasteiger partial charge in [-0.25, -0.2) is 4.39 Å². The lowest BCUT2D eigenvalue weighted by Crippen LogP contribution is -2.24. The van der Waals surface area contributed by atoms with Crippen LogP contribution in [0.2, 0.25) is 0 Å². The standard InChI is InChI=1S/C16H26FN/c1-4-10-18-16(11-13(5-2)6-3)14-8-7-9-15(17)12-14/h7-9,12-13,16,18H,4-6,10-11H2,1-3H3. The van der Waals surface area contributed by atoms with Gasteiger partial charge in [0.1, 0.15) is 5.82 Å². The fraction of sp³-hybridized carbons (Fsp3) is 0.625. The summed E-state index contributed by atoms with van der Waals surface area (Å²) in [4.78, 5) is 0. The Kier molecular flexibility index (Phi) is 6.96. The molecule has 0 aliphatic rings. The van der Waals surface area contributed by atoms with Gasteiger partial charge >= 0.3 is 0 Å². The molecule has 1 nitrogen and oxygen atoms in total. The molecule has 1 atom stereocenters. The van der Waals surface area contributed by atoms with E-state index < -0.39 is 0 Å². The largest absolute Gasteiger partial charge is 0.310 e. The van der Waals surface area contributed by atoms with Crippen LogP contribution in [-0.2, 0) is 0 Å². The third-order valence-corrected chi connectivity index (χ3v) is 3.62. The molecule has 0 fully saturated rings. The van der Waals surface area contributed by atoms with Crippen LogP contribution in [0.5, 0.6) is 0 Å². The molecule has 0 aliphatic heterocycles. The van der Waals surface area contributed by atoms with Crippen LogP contribution in [0.3, 0.4) is 0 Å². The van der Waals surface area contributed by atoms with Gasteiger partial charge < -0.3 is 5.32 Å². The predicted octanol–water partition coefficient (Wildman–Crippen LogP) is 4.69. The summed E-state index contributed by atoms with van der Waals surface area (Å²) in [6.07, 6.45) is 4.58. The van der Waals surface area contributed by atoms with Crippen LogP contribution in [0.25, 0.3) is 0 Å². The minimum atomic E-state index is -0.139. The number of hydrogen-bond donors (Lipinski definition) is 1. The molecule has 0 saturated carbocycles. The first-order valence-corrected chi connectivity index (χ1v) is 7.20. The summed E-state index contributed by atoms with van der Waals surface area (Å²) >= 11 is 0. The molecule has 18 heavy (non-hydrogen) atoms. The molecule has 0 heterocycles. The Morgan fingerprint density at radius 2 is 1.89 bits per heavy atom. The summed E-state index contributed by atoms with van der Waals surface area (Å²) < 4.78 is 13.3. The van der Waals surface area contributed by atoms with Gasteiger partial charge in [0.2, 0.25) is 0 Å². The van der Waals surface area contributed by atoms with Gasteiger partial charge in [-0.05, 0) is 43.0 Å². The van der Waals surface area contributed by atoms with E-state index in [9.17, 15) is 4.39 Å². The molecule has 0 spiro atoms. The molecule has 0 bridgehead atoms. The lowest BCUT2D eigenvalue weighted by atomic mass is 9.91. The molecule has 1 N–H and O–H groups in total. The van der Waals surface area contributed by atoms with Gasteiger partial charge in [-0.2, -0.15) is 0 Å². The van der Waals surface area contributed by atoms with Crippen LogP contribution >= 0.6 is 0 Å². The maximum absolute atomic E-state index is 13.3. The molecule has 1 rings (SSSR count). The minimum Gasteiger partial charge on any atom is -0.310 e. The molecule has 1 aromatic carbocycles. The third kappa shape index (κ3) is 4.77. The molecule has 0 radical (unpaired) electrons. The lowest BCUT2D eigenvalue weighted by molar-refractivity contribution is 0.370.